The van der Waals surface area contributed by atoms with Crippen molar-refractivity contribution >= 4 is 17.3 Å². The molecule has 1 fully saturated rings. The number of ketones is 2. The zero-order valence-corrected chi connectivity index (χ0v) is 14.2. The van der Waals surface area contributed by atoms with Crippen molar-refractivity contribution in [1.82, 2.24) is 0 Å². The first-order chi connectivity index (χ1) is 13.0. The minimum atomic E-state index is -2.98. The highest BCUT2D eigenvalue weighted by molar-refractivity contribution is 6.49. The van der Waals surface area contributed by atoms with Crippen LogP contribution < -0.4 is 9.64 Å². The summed E-state index contributed by atoms with van der Waals surface area (Å²) in [6, 6.07) is 8.54. The molecule has 1 saturated heterocycles. The molecular weight excluding hydrogens is 363 g/mol. The van der Waals surface area contributed by atoms with Crippen molar-refractivity contribution in [3.8, 4) is 5.75 Å². The quantitative estimate of drug-likeness (QED) is 0.569. The van der Waals surface area contributed by atoms with Gasteiger partial charge in [0.15, 0.2) is 0 Å². The van der Waals surface area contributed by atoms with E-state index in [1.54, 1.807) is 4.90 Å². The molecule has 0 spiro atoms. The van der Waals surface area contributed by atoms with Crippen LogP contribution in [0.4, 0.5) is 18.9 Å². The molecular formula is C19H16F3NO4. The summed E-state index contributed by atoms with van der Waals surface area (Å²) in [4.78, 5) is 26.6. The van der Waals surface area contributed by atoms with Gasteiger partial charge in [-0.2, -0.15) is 8.78 Å². The highest BCUT2D eigenvalue weighted by Crippen LogP contribution is 2.23. The Morgan fingerprint density at radius 3 is 2.19 bits per heavy atom. The van der Waals surface area contributed by atoms with Gasteiger partial charge in [-0.05, 0) is 42.5 Å². The third-order valence-electron chi connectivity index (χ3n) is 4.11. The molecule has 0 aliphatic carbocycles. The number of carbonyl (C=O) groups is 2. The minimum Gasteiger partial charge on any atom is -0.435 e. The van der Waals surface area contributed by atoms with Crippen LogP contribution >= 0.6 is 0 Å². The first kappa shape index (κ1) is 18.9. The Balaban J connectivity index is 1.79. The SMILES string of the molecule is O=C(C(=O)c1ccc(F)c(N2CCOCC2)c1)c1ccc(OC(F)F)cc1. The van der Waals surface area contributed by atoms with E-state index < -0.39 is 24.0 Å². The summed E-state index contributed by atoms with van der Waals surface area (Å²) in [6.07, 6.45) is 0. The van der Waals surface area contributed by atoms with Gasteiger partial charge < -0.3 is 14.4 Å². The van der Waals surface area contributed by atoms with Gasteiger partial charge in [-0.1, -0.05) is 0 Å². The molecule has 27 heavy (non-hydrogen) atoms. The molecule has 0 bridgehead atoms. The van der Waals surface area contributed by atoms with Gasteiger partial charge in [0, 0.05) is 24.2 Å². The van der Waals surface area contributed by atoms with E-state index in [0.29, 0.717) is 26.3 Å². The number of ether oxygens (including phenoxy) is 2. The third kappa shape index (κ3) is 4.46. The zero-order chi connectivity index (χ0) is 19.4. The number of rotatable bonds is 6. The van der Waals surface area contributed by atoms with Crippen LogP contribution in [0, 0.1) is 5.82 Å². The average molecular weight is 379 g/mol. The predicted octanol–water partition coefficient (Wildman–Crippen LogP) is 3.33. The van der Waals surface area contributed by atoms with Crippen molar-refractivity contribution in [2.75, 3.05) is 31.2 Å². The van der Waals surface area contributed by atoms with E-state index in [2.05, 4.69) is 4.74 Å². The largest absolute Gasteiger partial charge is 0.435 e. The van der Waals surface area contributed by atoms with Crippen LogP contribution in [0.5, 0.6) is 5.75 Å². The van der Waals surface area contributed by atoms with Crippen LogP contribution in [0.3, 0.4) is 0 Å². The summed E-state index contributed by atoms with van der Waals surface area (Å²) in [6.45, 7) is -1.12. The number of alkyl halides is 2. The minimum absolute atomic E-state index is 0.0267. The number of morpholine rings is 1. The molecule has 142 valence electrons. The lowest BCUT2D eigenvalue weighted by Crippen LogP contribution is -2.36. The maximum absolute atomic E-state index is 14.1. The van der Waals surface area contributed by atoms with Crippen LogP contribution in [0.15, 0.2) is 42.5 Å². The molecule has 0 amide bonds. The topological polar surface area (TPSA) is 55.8 Å². The van der Waals surface area contributed by atoms with Crippen molar-refractivity contribution in [3.05, 3.63) is 59.4 Å². The summed E-state index contributed by atoms with van der Waals surface area (Å²) in [5.74, 6) is -2.25. The molecule has 8 heteroatoms. The summed E-state index contributed by atoms with van der Waals surface area (Å²) in [5.41, 5.74) is 0.312. The van der Waals surface area contributed by atoms with Gasteiger partial charge in [-0.15, -0.1) is 0 Å². The van der Waals surface area contributed by atoms with Crippen LogP contribution in [0.2, 0.25) is 0 Å². The molecule has 0 N–H and O–H groups in total. The Hall–Kier alpha value is -2.87. The monoisotopic (exact) mass is 379 g/mol. The number of halogens is 3. The van der Waals surface area contributed by atoms with E-state index in [1.165, 1.54) is 36.4 Å². The maximum atomic E-state index is 14.1. The maximum Gasteiger partial charge on any atom is 0.387 e. The Kier molecular flexibility index (Phi) is 5.75. The van der Waals surface area contributed by atoms with Gasteiger partial charge in [-0.25, -0.2) is 4.39 Å². The first-order valence-corrected chi connectivity index (χ1v) is 8.22. The molecule has 2 aromatic carbocycles. The molecule has 1 aliphatic rings. The fourth-order valence-corrected chi connectivity index (χ4v) is 2.75. The van der Waals surface area contributed by atoms with Gasteiger partial charge in [0.05, 0.1) is 18.9 Å². The van der Waals surface area contributed by atoms with E-state index in [0.717, 1.165) is 6.07 Å². The highest BCUT2D eigenvalue weighted by Gasteiger charge is 2.22. The van der Waals surface area contributed by atoms with E-state index in [-0.39, 0.29) is 22.6 Å². The lowest BCUT2D eigenvalue weighted by molar-refractivity contribution is -0.0498. The van der Waals surface area contributed by atoms with Crippen molar-refractivity contribution in [2.45, 2.75) is 6.61 Å². The molecule has 0 unspecified atom stereocenters. The van der Waals surface area contributed by atoms with Gasteiger partial charge in [0.1, 0.15) is 11.6 Å². The highest BCUT2D eigenvalue weighted by atomic mass is 19.3. The zero-order valence-electron chi connectivity index (χ0n) is 14.2. The van der Waals surface area contributed by atoms with E-state index >= 15 is 0 Å². The normalized spacial score (nSPS) is 14.3. The molecule has 0 saturated carbocycles. The lowest BCUT2D eigenvalue weighted by Gasteiger charge is -2.29. The smallest absolute Gasteiger partial charge is 0.387 e. The van der Waals surface area contributed by atoms with Crippen LogP contribution in [0.1, 0.15) is 20.7 Å². The number of nitrogens with zero attached hydrogens (tertiary/aromatic N) is 1. The van der Waals surface area contributed by atoms with Crippen LogP contribution in [-0.2, 0) is 4.74 Å². The van der Waals surface area contributed by atoms with E-state index in [4.69, 9.17) is 4.74 Å². The number of benzene rings is 2. The second-order valence-corrected chi connectivity index (χ2v) is 5.83. The number of hydrogen-bond donors (Lipinski definition) is 0. The molecule has 0 aromatic heterocycles. The molecule has 1 heterocycles. The summed E-state index contributed by atoms with van der Waals surface area (Å²) in [7, 11) is 0. The third-order valence-corrected chi connectivity index (χ3v) is 4.11. The first-order valence-electron chi connectivity index (χ1n) is 8.22. The number of hydrogen-bond acceptors (Lipinski definition) is 5. The molecule has 0 radical (unpaired) electrons. The van der Waals surface area contributed by atoms with E-state index in [9.17, 15) is 22.8 Å². The second kappa shape index (κ2) is 8.22. The lowest BCUT2D eigenvalue weighted by atomic mass is 10.0. The van der Waals surface area contributed by atoms with E-state index in [1.807, 2.05) is 0 Å². The Morgan fingerprint density at radius 1 is 0.963 bits per heavy atom. The summed E-state index contributed by atoms with van der Waals surface area (Å²) >= 11 is 0. The Labute approximate surface area is 153 Å². The van der Waals surface area contributed by atoms with Crippen molar-refractivity contribution < 1.29 is 32.2 Å². The van der Waals surface area contributed by atoms with Crippen molar-refractivity contribution in [1.29, 1.82) is 0 Å². The fourth-order valence-electron chi connectivity index (χ4n) is 2.75. The number of anilines is 1. The Morgan fingerprint density at radius 2 is 1.56 bits per heavy atom. The standard InChI is InChI=1S/C19H16F3NO4/c20-15-6-3-13(11-16(15)23-7-9-26-10-8-23)18(25)17(24)12-1-4-14(5-2-12)27-19(21)22/h1-6,11,19H,7-10H2. The molecule has 0 atom stereocenters. The van der Waals surface area contributed by atoms with Gasteiger partial charge in [-0.3, -0.25) is 9.59 Å². The number of carbonyl (C=O) groups excluding carboxylic acids is 2. The van der Waals surface area contributed by atoms with Gasteiger partial charge in [0.25, 0.3) is 0 Å². The summed E-state index contributed by atoms with van der Waals surface area (Å²) < 4.78 is 47.9. The van der Waals surface area contributed by atoms with Crippen molar-refractivity contribution in [2.24, 2.45) is 0 Å². The molecule has 5 nitrogen and oxygen atoms in total. The Bertz CT molecular complexity index is 833. The fraction of sp³-hybridized carbons (Fsp3) is 0.263. The average Bonchev–Trinajstić information content (AvgIpc) is 2.68. The number of Topliss-reactive ketones (excluding diaryl/α,β-unsaturated/α-hetero) is 2. The van der Waals surface area contributed by atoms with Crippen LogP contribution in [-0.4, -0.2) is 44.5 Å². The molecule has 2 aromatic rings. The van der Waals surface area contributed by atoms with Crippen LogP contribution in [0.25, 0.3) is 0 Å². The molecule has 3 rings (SSSR count). The van der Waals surface area contributed by atoms with Crippen molar-refractivity contribution in [3.63, 3.8) is 0 Å². The van der Waals surface area contributed by atoms with Gasteiger partial charge >= 0.3 is 6.61 Å². The predicted molar refractivity (Wildman–Crippen MR) is 91.2 cm³/mol. The van der Waals surface area contributed by atoms with Gasteiger partial charge in [0.2, 0.25) is 11.6 Å². The molecule has 1 aliphatic heterocycles. The summed E-state index contributed by atoms with van der Waals surface area (Å²) in [5, 5.41) is 0. The second-order valence-electron chi connectivity index (χ2n) is 5.83.